The molecule has 6 nitrogen and oxygen atoms in total. The van der Waals surface area contributed by atoms with Crippen molar-refractivity contribution < 1.29 is 14.6 Å². The van der Waals surface area contributed by atoms with Crippen molar-refractivity contribution in [3.05, 3.63) is 52.5 Å². The number of aromatic hydroxyl groups is 1. The quantitative estimate of drug-likeness (QED) is 0.531. The van der Waals surface area contributed by atoms with Gasteiger partial charge in [-0.15, -0.1) is 10.2 Å². The lowest BCUT2D eigenvalue weighted by Gasteiger charge is -2.08. The zero-order valence-corrected chi connectivity index (χ0v) is 15.9. The number of benzene rings is 2. The molecule has 3 rings (SSSR count). The second-order valence-electron chi connectivity index (χ2n) is 6.25. The van der Waals surface area contributed by atoms with E-state index in [1.807, 2.05) is 6.07 Å². The third-order valence-corrected chi connectivity index (χ3v) is 4.13. The average molecular weight is 416 g/mol. The van der Waals surface area contributed by atoms with Crippen LogP contribution in [0.4, 0.5) is 5.69 Å². The van der Waals surface area contributed by atoms with E-state index in [2.05, 4.69) is 45.0 Å². The first-order valence-corrected chi connectivity index (χ1v) is 8.92. The van der Waals surface area contributed by atoms with Gasteiger partial charge < -0.3 is 14.8 Å². The van der Waals surface area contributed by atoms with Crippen molar-refractivity contribution in [1.82, 2.24) is 4.98 Å². The Balaban J connectivity index is 1.77. The minimum absolute atomic E-state index is 0.132. The van der Waals surface area contributed by atoms with Crippen molar-refractivity contribution in [2.45, 2.75) is 13.8 Å². The van der Waals surface area contributed by atoms with E-state index in [1.165, 1.54) is 0 Å². The molecule has 3 aromatic rings. The van der Waals surface area contributed by atoms with Gasteiger partial charge in [0.05, 0.1) is 12.1 Å². The molecule has 1 amide bonds. The second-order valence-corrected chi connectivity index (χ2v) is 7.16. The van der Waals surface area contributed by atoms with Crippen LogP contribution in [0.1, 0.15) is 24.2 Å². The van der Waals surface area contributed by atoms with Gasteiger partial charge in [0.15, 0.2) is 5.69 Å². The Bertz CT molecular complexity index is 962. The molecule has 0 atom stereocenters. The van der Waals surface area contributed by atoms with Crippen LogP contribution in [0.15, 0.2) is 57.2 Å². The van der Waals surface area contributed by atoms with Gasteiger partial charge in [0.25, 0.3) is 5.91 Å². The number of aromatic amines is 1. The van der Waals surface area contributed by atoms with E-state index in [9.17, 15) is 9.90 Å². The molecule has 2 N–H and O–H groups in total. The van der Waals surface area contributed by atoms with Crippen LogP contribution in [0, 0.1) is 5.92 Å². The fraction of sp³-hybridized carbons (Fsp3) is 0.211. The summed E-state index contributed by atoms with van der Waals surface area (Å²) < 4.78 is 6.43. The number of amides is 1. The van der Waals surface area contributed by atoms with Gasteiger partial charge in [-0.3, -0.25) is 4.79 Å². The number of halogens is 1. The predicted octanol–water partition coefficient (Wildman–Crippen LogP) is 5.59. The molecule has 0 saturated heterocycles. The summed E-state index contributed by atoms with van der Waals surface area (Å²) in [6, 6.07) is 12.2. The van der Waals surface area contributed by atoms with Crippen LogP contribution in [-0.2, 0) is 0 Å². The van der Waals surface area contributed by atoms with Crippen molar-refractivity contribution in [3.63, 3.8) is 0 Å². The van der Waals surface area contributed by atoms with Crippen molar-refractivity contribution >= 4 is 38.4 Å². The Morgan fingerprint density at radius 2 is 1.96 bits per heavy atom. The van der Waals surface area contributed by atoms with E-state index in [0.29, 0.717) is 34.7 Å². The summed E-state index contributed by atoms with van der Waals surface area (Å²) in [5.74, 6) is 0.497. The van der Waals surface area contributed by atoms with Gasteiger partial charge in [-0.1, -0.05) is 29.8 Å². The van der Waals surface area contributed by atoms with Gasteiger partial charge in [-0.05, 0) is 48.4 Å². The van der Waals surface area contributed by atoms with Crippen molar-refractivity contribution in [3.8, 4) is 11.6 Å². The van der Waals surface area contributed by atoms with E-state index in [0.717, 1.165) is 4.47 Å². The Hall–Kier alpha value is -2.67. The smallest absolute Gasteiger partial charge is 0.295 e. The third-order valence-electron chi connectivity index (χ3n) is 3.64. The summed E-state index contributed by atoms with van der Waals surface area (Å²) in [5.41, 5.74) is 1.33. The summed E-state index contributed by atoms with van der Waals surface area (Å²) in [6.45, 7) is 4.75. The van der Waals surface area contributed by atoms with E-state index >= 15 is 0 Å². The number of carbonyl (C=O) groups excluding carboxylic acids is 1. The fourth-order valence-electron chi connectivity index (χ4n) is 2.35. The van der Waals surface area contributed by atoms with E-state index in [-0.39, 0.29) is 11.6 Å². The maximum Gasteiger partial charge on any atom is 0.295 e. The minimum Gasteiger partial charge on any atom is -0.493 e. The molecule has 0 radical (unpaired) electrons. The predicted molar refractivity (Wildman–Crippen MR) is 103 cm³/mol. The molecule has 134 valence electrons. The normalized spacial score (nSPS) is 11.5. The number of nitrogens with zero attached hydrogens (tertiary/aromatic N) is 2. The number of ether oxygens (including phenoxy) is 1. The number of azo groups is 1. The maximum atomic E-state index is 12.2. The van der Waals surface area contributed by atoms with Crippen LogP contribution < -0.4 is 4.74 Å². The first-order chi connectivity index (χ1) is 12.4. The molecular weight excluding hydrogens is 398 g/mol. The van der Waals surface area contributed by atoms with Gasteiger partial charge in [-0.2, -0.15) is 0 Å². The first-order valence-electron chi connectivity index (χ1n) is 8.13. The lowest BCUT2D eigenvalue weighted by atomic mass is 10.2. The average Bonchev–Trinajstić information content (AvgIpc) is 2.93. The maximum absolute atomic E-state index is 12.2. The number of H-pyrrole nitrogens is 1. The molecule has 0 aliphatic heterocycles. The van der Waals surface area contributed by atoms with Crippen LogP contribution in [-0.4, -0.2) is 22.6 Å². The molecule has 0 unspecified atom stereocenters. The lowest BCUT2D eigenvalue weighted by molar-refractivity contribution is 0.0995. The Morgan fingerprint density at radius 1 is 1.23 bits per heavy atom. The lowest BCUT2D eigenvalue weighted by Crippen LogP contribution is -2.04. The summed E-state index contributed by atoms with van der Waals surface area (Å²) in [4.78, 5) is 15.0. The van der Waals surface area contributed by atoms with Crippen LogP contribution in [0.5, 0.6) is 11.6 Å². The molecule has 0 aliphatic rings. The molecule has 0 spiro atoms. The molecule has 1 heterocycles. The number of nitrogens with one attached hydrogen (secondary N) is 1. The van der Waals surface area contributed by atoms with Crippen molar-refractivity contribution in [1.29, 1.82) is 0 Å². The topological polar surface area (TPSA) is 87.0 Å². The SMILES string of the molecule is CC(C)COc1ccc(C(=O)N=Nc2c(O)[nH]c3ccc(Br)cc23)cc1. The van der Waals surface area contributed by atoms with Gasteiger partial charge >= 0.3 is 0 Å². The number of rotatable bonds is 5. The van der Waals surface area contributed by atoms with Gasteiger partial charge in [0, 0.05) is 15.4 Å². The van der Waals surface area contributed by atoms with Crippen molar-refractivity contribution in [2.75, 3.05) is 6.61 Å². The van der Waals surface area contributed by atoms with E-state index in [4.69, 9.17) is 4.74 Å². The first kappa shape index (κ1) is 18.1. The minimum atomic E-state index is -0.496. The van der Waals surface area contributed by atoms with Crippen LogP contribution in [0.2, 0.25) is 0 Å². The summed E-state index contributed by atoms with van der Waals surface area (Å²) in [6.07, 6.45) is 0. The highest BCUT2D eigenvalue weighted by atomic mass is 79.9. The third kappa shape index (κ3) is 4.11. The van der Waals surface area contributed by atoms with Crippen LogP contribution in [0.25, 0.3) is 10.9 Å². The van der Waals surface area contributed by atoms with Crippen LogP contribution >= 0.6 is 15.9 Å². The molecule has 2 aromatic carbocycles. The van der Waals surface area contributed by atoms with E-state index in [1.54, 1.807) is 36.4 Å². The largest absolute Gasteiger partial charge is 0.493 e. The number of fused-ring (bicyclic) bond motifs is 1. The van der Waals surface area contributed by atoms with Crippen molar-refractivity contribution in [2.24, 2.45) is 16.1 Å². The molecule has 1 aromatic heterocycles. The van der Waals surface area contributed by atoms with Gasteiger partial charge in [0.1, 0.15) is 5.75 Å². The highest BCUT2D eigenvalue weighted by molar-refractivity contribution is 9.10. The Labute approximate surface area is 159 Å². The Kier molecular flexibility index (Phi) is 5.37. The van der Waals surface area contributed by atoms with Gasteiger partial charge in [-0.25, -0.2) is 0 Å². The number of aromatic nitrogens is 1. The van der Waals surface area contributed by atoms with Crippen LogP contribution in [0.3, 0.4) is 0 Å². The molecule has 0 bridgehead atoms. The highest BCUT2D eigenvalue weighted by Gasteiger charge is 2.12. The summed E-state index contributed by atoms with van der Waals surface area (Å²) in [5, 5.41) is 18.3. The number of carbonyl (C=O) groups is 1. The Morgan fingerprint density at radius 3 is 2.65 bits per heavy atom. The monoisotopic (exact) mass is 415 g/mol. The molecule has 0 saturated carbocycles. The second kappa shape index (κ2) is 7.70. The molecule has 0 fully saturated rings. The number of hydrogen-bond donors (Lipinski definition) is 2. The summed E-state index contributed by atoms with van der Waals surface area (Å²) >= 11 is 3.37. The molecule has 7 heteroatoms. The van der Waals surface area contributed by atoms with Gasteiger partial charge in [0.2, 0.25) is 5.88 Å². The zero-order valence-electron chi connectivity index (χ0n) is 14.4. The zero-order chi connectivity index (χ0) is 18.7. The standard InChI is InChI=1S/C19H18BrN3O3/c1-11(2)10-26-14-6-3-12(4-7-14)18(24)23-22-17-15-9-13(20)5-8-16(15)21-19(17)25/h3-9,11,21,25H,10H2,1-2H3. The molecular formula is C19H18BrN3O3. The molecule has 26 heavy (non-hydrogen) atoms. The van der Waals surface area contributed by atoms with E-state index < -0.39 is 5.91 Å². The number of hydrogen-bond acceptors (Lipinski definition) is 4. The molecule has 0 aliphatic carbocycles. The fourth-order valence-corrected chi connectivity index (χ4v) is 2.71. The highest BCUT2D eigenvalue weighted by Crippen LogP contribution is 2.36. The summed E-state index contributed by atoms with van der Waals surface area (Å²) in [7, 11) is 0.